The summed E-state index contributed by atoms with van der Waals surface area (Å²) in [5, 5.41) is 38.3. The normalized spacial score (nSPS) is 32.0. The Morgan fingerprint density at radius 2 is 1.65 bits per heavy atom. The van der Waals surface area contributed by atoms with Crippen LogP contribution in [-0.2, 0) is 23.7 Å². The Balaban J connectivity index is 2.44. The first-order valence-corrected chi connectivity index (χ1v) is 6.98. The summed E-state index contributed by atoms with van der Waals surface area (Å²) in [4.78, 5) is 22.3. The van der Waals surface area contributed by atoms with Gasteiger partial charge in [-0.25, -0.2) is 4.79 Å². The van der Waals surface area contributed by atoms with Gasteiger partial charge in [-0.3, -0.25) is 4.79 Å². The molecular formula is C13H22O10. The van der Waals surface area contributed by atoms with Crippen molar-refractivity contribution >= 4 is 12.1 Å². The molecule has 0 heterocycles. The minimum Gasteiger partial charge on any atom is -0.463 e. The van der Waals surface area contributed by atoms with E-state index >= 15 is 0 Å². The SMILES string of the molecule is CO[C@H](COC(C)=O)COC(=O)O[C@@H]1[C@@H](O)[C@H](O)[C@@H](O)C[C@@H]1O. The minimum absolute atomic E-state index is 0.126. The molecule has 1 rings (SSSR count). The number of carbonyl (C=O) groups is 2. The lowest BCUT2D eigenvalue weighted by molar-refractivity contribution is -0.183. The van der Waals surface area contributed by atoms with E-state index in [0.717, 1.165) is 0 Å². The van der Waals surface area contributed by atoms with E-state index in [1.54, 1.807) is 0 Å². The molecule has 1 saturated carbocycles. The molecule has 0 aromatic carbocycles. The van der Waals surface area contributed by atoms with Crippen LogP contribution in [0.4, 0.5) is 4.79 Å². The van der Waals surface area contributed by atoms with Crippen LogP contribution in [0.2, 0.25) is 0 Å². The molecule has 10 nitrogen and oxygen atoms in total. The topological polar surface area (TPSA) is 152 Å². The number of methoxy groups -OCH3 is 1. The van der Waals surface area contributed by atoms with Crippen molar-refractivity contribution < 1.29 is 49.0 Å². The third kappa shape index (κ3) is 5.92. The fraction of sp³-hybridized carbons (Fsp3) is 0.846. The van der Waals surface area contributed by atoms with Crippen molar-refractivity contribution in [1.82, 2.24) is 0 Å². The summed E-state index contributed by atoms with van der Waals surface area (Å²) in [5.74, 6) is -0.518. The van der Waals surface area contributed by atoms with E-state index in [1.165, 1.54) is 14.0 Å². The molecule has 4 N–H and O–H groups in total. The van der Waals surface area contributed by atoms with Gasteiger partial charge in [-0.05, 0) is 0 Å². The molecule has 10 heteroatoms. The van der Waals surface area contributed by atoms with Crippen LogP contribution in [0.25, 0.3) is 0 Å². The fourth-order valence-electron chi connectivity index (χ4n) is 2.02. The quantitative estimate of drug-likeness (QED) is 0.397. The predicted molar refractivity (Wildman–Crippen MR) is 72.3 cm³/mol. The average Bonchev–Trinajstić information content (AvgIpc) is 2.49. The maximum Gasteiger partial charge on any atom is 0.508 e. The summed E-state index contributed by atoms with van der Waals surface area (Å²) in [7, 11) is 1.33. The van der Waals surface area contributed by atoms with Crippen molar-refractivity contribution in [2.24, 2.45) is 0 Å². The summed E-state index contributed by atoms with van der Waals surface area (Å²) >= 11 is 0. The highest BCUT2D eigenvalue weighted by molar-refractivity contribution is 5.65. The second kappa shape index (κ2) is 8.99. The van der Waals surface area contributed by atoms with E-state index in [4.69, 9.17) is 18.9 Å². The maximum absolute atomic E-state index is 11.6. The number of aliphatic hydroxyl groups is 4. The van der Waals surface area contributed by atoms with Crippen LogP contribution in [0.1, 0.15) is 13.3 Å². The van der Waals surface area contributed by atoms with Crippen LogP contribution in [-0.4, -0.2) is 89.5 Å². The number of hydrogen-bond acceptors (Lipinski definition) is 10. The van der Waals surface area contributed by atoms with Crippen LogP contribution < -0.4 is 0 Å². The molecule has 134 valence electrons. The highest BCUT2D eigenvalue weighted by atomic mass is 16.7. The molecule has 1 aliphatic rings. The zero-order chi connectivity index (χ0) is 17.6. The molecule has 0 aliphatic heterocycles. The Bertz CT molecular complexity index is 400. The van der Waals surface area contributed by atoms with Gasteiger partial charge < -0.3 is 39.4 Å². The minimum atomic E-state index is -1.65. The first-order chi connectivity index (χ1) is 10.8. The highest BCUT2D eigenvalue weighted by Gasteiger charge is 2.44. The lowest BCUT2D eigenvalue weighted by Crippen LogP contribution is -2.57. The monoisotopic (exact) mass is 338 g/mol. The van der Waals surface area contributed by atoms with Gasteiger partial charge in [0, 0.05) is 20.5 Å². The zero-order valence-electron chi connectivity index (χ0n) is 12.8. The van der Waals surface area contributed by atoms with E-state index in [2.05, 4.69) is 0 Å². The van der Waals surface area contributed by atoms with E-state index in [0.29, 0.717) is 0 Å². The molecule has 0 aromatic heterocycles. The molecule has 0 spiro atoms. The second-order valence-electron chi connectivity index (χ2n) is 5.16. The maximum atomic E-state index is 11.6. The fourth-order valence-corrected chi connectivity index (χ4v) is 2.02. The van der Waals surface area contributed by atoms with Gasteiger partial charge in [0.2, 0.25) is 0 Å². The van der Waals surface area contributed by atoms with Crippen LogP contribution in [0.3, 0.4) is 0 Å². The number of aliphatic hydroxyl groups excluding tert-OH is 4. The molecule has 23 heavy (non-hydrogen) atoms. The number of esters is 1. The van der Waals surface area contributed by atoms with Crippen LogP contribution in [0.15, 0.2) is 0 Å². The summed E-state index contributed by atoms with van der Waals surface area (Å²) in [6.45, 7) is 0.804. The van der Waals surface area contributed by atoms with Gasteiger partial charge in [-0.2, -0.15) is 0 Å². The van der Waals surface area contributed by atoms with Gasteiger partial charge in [-0.15, -0.1) is 0 Å². The third-order valence-electron chi connectivity index (χ3n) is 3.37. The Kier molecular flexibility index (Phi) is 7.65. The van der Waals surface area contributed by atoms with Gasteiger partial charge in [-0.1, -0.05) is 0 Å². The highest BCUT2D eigenvalue weighted by Crippen LogP contribution is 2.23. The first kappa shape index (κ1) is 19.6. The number of rotatable bonds is 6. The van der Waals surface area contributed by atoms with Crippen molar-refractivity contribution in [3.8, 4) is 0 Å². The van der Waals surface area contributed by atoms with Crippen molar-refractivity contribution in [2.45, 2.75) is 50.0 Å². The lowest BCUT2D eigenvalue weighted by atomic mass is 9.87. The second-order valence-corrected chi connectivity index (χ2v) is 5.16. The van der Waals surface area contributed by atoms with E-state index < -0.39 is 48.7 Å². The lowest BCUT2D eigenvalue weighted by Gasteiger charge is -2.37. The van der Waals surface area contributed by atoms with Crippen LogP contribution in [0.5, 0.6) is 0 Å². The molecule has 0 bridgehead atoms. The first-order valence-electron chi connectivity index (χ1n) is 6.98. The largest absolute Gasteiger partial charge is 0.508 e. The predicted octanol–water partition coefficient (Wildman–Crippen LogP) is -2.07. The molecule has 1 aliphatic carbocycles. The molecule has 6 atom stereocenters. The molecular weight excluding hydrogens is 316 g/mol. The Morgan fingerprint density at radius 1 is 1.04 bits per heavy atom. The van der Waals surface area contributed by atoms with Crippen LogP contribution >= 0.6 is 0 Å². The smallest absolute Gasteiger partial charge is 0.463 e. The molecule has 1 fully saturated rings. The van der Waals surface area contributed by atoms with Gasteiger partial charge in [0.1, 0.15) is 31.5 Å². The van der Waals surface area contributed by atoms with E-state index in [1.807, 2.05) is 0 Å². The third-order valence-corrected chi connectivity index (χ3v) is 3.37. The number of carbonyl (C=O) groups excluding carboxylic acids is 2. The summed E-state index contributed by atoms with van der Waals surface area (Å²) in [6.07, 6.45) is -9.49. The zero-order valence-corrected chi connectivity index (χ0v) is 12.8. The average molecular weight is 338 g/mol. The van der Waals surface area contributed by atoms with E-state index in [9.17, 15) is 30.0 Å². The van der Waals surface area contributed by atoms with Gasteiger partial charge in [0.15, 0.2) is 6.10 Å². The summed E-state index contributed by atoms with van der Waals surface area (Å²) < 4.78 is 19.1. The Hall–Kier alpha value is -1.46. The summed E-state index contributed by atoms with van der Waals surface area (Å²) in [6, 6.07) is 0. The van der Waals surface area contributed by atoms with Gasteiger partial charge in [0.25, 0.3) is 0 Å². The molecule has 0 unspecified atom stereocenters. The Labute approximate surface area is 132 Å². The Morgan fingerprint density at radius 3 is 2.22 bits per heavy atom. The molecule has 0 amide bonds. The summed E-state index contributed by atoms with van der Waals surface area (Å²) in [5.41, 5.74) is 0. The molecule has 0 aromatic rings. The molecule has 0 saturated heterocycles. The molecule has 0 radical (unpaired) electrons. The van der Waals surface area contributed by atoms with Crippen LogP contribution in [0, 0.1) is 0 Å². The number of hydrogen-bond donors (Lipinski definition) is 4. The van der Waals surface area contributed by atoms with Crippen molar-refractivity contribution in [1.29, 1.82) is 0 Å². The van der Waals surface area contributed by atoms with E-state index in [-0.39, 0.29) is 19.6 Å². The van der Waals surface area contributed by atoms with Crippen molar-refractivity contribution in [3.05, 3.63) is 0 Å². The van der Waals surface area contributed by atoms with Crippen molar-refractivity contribution in [2.75, 3.05) is 20.3 Å². The van der Waals surface area contributed by atoms with Gasteiger partial charge >= 0.3 is 12.1 Å². The standard InChI is InChI=1S/C13H22O10/c1-6(14)21-4-7(20-2)5-22-13(19)23-12-9(16)3-8(15)10(17)11(12)18/h7-12,15-18H,3-5H2,1-2H3/t7-,8+,9+,10-,11+,12+/m1/s1. The van der Waals surface area contributed by atoms with Crippen molar-refractivity contribution in [3.63, 3.8) is 0 Å². The number of ether oxygens (including phenoxy) is 4. The van der Waals surface area contributed by atoms with Gasteiger partial charge in [0.05, 0.1) is 12.2 Å².